The largest absolute Gasteiger partial charge is 0.370 e. The minimum absolute atomic E-state index is 0.348. The van der Waals surface area contributed by atoms with Crippen molar-refractivity contribution in [2.24, 2.45) is 0 Å². The van der Waals surface area contributed by atoms with Crippen LogP contribution in [-0.2, 0) is 0 Å². The van der Waals surface area contributed by atoms with Crippen LogP contribution < -0.4 is 5.32 Å². The number of hydrogen-bond donors (Lipinski definition) is 2. The Morgan fingerprint density at radius 2 is 2.18 bits per heavy atom. The Morgan fingerprint density at radius 3 is 2.76 bits per heavy atom. The maximum Gasteiger partial charge on any atom is 0.183 e. The molecule has 0 saturated carbocycles. The van der Waals surface area contributed by atoms with Gasteiger partial charge in [0.15, 0.2) is 5.82 Å². The third-order valence-electron chi connectivity index (χ3n) is 2.34. The van der Waals surface area contributed by atoms with E-state index in [4.69, 9.17) is 0 Å². The number of hydrogen-bond acceptors (Lipinski definition) is 5. The molecule has 2 heterocycles. The second kappa shape index (κ2) is 4.90. The second-order valence-electron chi connectivity index (χ2n) is 4.04. The molecule has 0 spiro atoms. The summed E-state index contributed by atoms with van der Waals surface area (Å²) in [5, 5.41) is 13.5. The van der Waals surface area contributed by atoms with Crippen molar-refractivity contribution in [3.05, 3.63) is 18.0 Å². The lowest BCUT2D eigenvalue weighted by Crippen LogP contribution is -2.05. The molecule has 2 aromatic heterocycles. The van der Waals surface area contributed by atoms with Gasteiger partial charge in [0.05, 0.1) is 6.20 Å². The van der Waals surface area contributed by atoms with Gasteiger partial charge in [-0.25, -0.2) is 9.97 Å². The Bertz CT molecular complexity index is 477. The SMILES string of the molecule is CCNc1cc(C(C)C)nc(-c2cn[nH]n2)n1. The number of rotatable bonds is 4. The second-order valence-corrected chi connectivity index (χ2v) is 4.04. The summed E-state index contributed by atoms with van der Waals surface area (Å²) in [5.41, 5.74) is 1.65. The predicted octanol–water partition coefficient (Wildman–Crippen LogP) is 1.82. The highest BCUT2D eigenvalue weighted by Gasteiger charge is 2.10. The van der Waals surface area contributed by atoms with E-state index in [-0.39, 0.29) is 0 Å². The van der Waals surface area contributed by atoms with Crippen LogP contribution in [0.1, 0.15) is 32.4 Å². The summed E-state index contributed by atoms with van der Waals surface area (Å²) in [6.45, 7) is 7.06. The van der Waals surface area contributed by atoms with Crippen LogP contribution >= 0.6 is 0 Å². The van der Waals surface area contributed by atoms with Gasteiger partial charge in [-0.15, -0.1) is 0 Å². The Hall–Kier alpha value is -1.98. The summed E-state index contributed by atoms with van der Waals surface area (Å²) in [6, 6.07) is 1.97. The molecule has 0 radical (unpaired) electrons. The van der Waals surface area contributed by atoms with Crippen LogP contribution in [0.15, 0.2) is 12.3 Å². The third kappa shape index (κ3) is 2.58. The quantitative estimate of drug-likeness (QED) is 0.840. The van der Waals surface area contributed by atoms with E-state index in [9.17, 15) is 0 Å². The van der Waals surface area contributed by atoms with E-state index in [0.717, 1.165) is 18.1 Å². The van der Waals surface area contributed by atoms with Crippen LogP contribution in [0.3, 0.4) is 0 Å². The first-order valence-electron chi connectivity index (χ1n) is 5.69. The molecule has 0 aliphatic carbocycles. The molecule has 90 valence electrons. The van der Waals surface area contributed by atoms with E-state index in [0.29, 0.717) is 17.4 Å². The molecule has 17 heavy (non-hydrogen) atoms. The van der Waals surface area contributed by atoms with Crippen LogP contribution in [0, 0.1) is 0 Å². The summed E-state index contributed by atoms with van der Waals surface area (Å²) < 4.78 is 0. The van der Waals surface area contributed by atoms with E-state index in [2.05, 4.69) is 44.5 Å². The van der Waals surface area contributed by atoms with Crippen molar-refractivity contribution in [2.45, 2.75) is 26.7 Å². The predicted molar refractivity (Wildman–Crippen MR) is 65.7 cm³/mol. The average Bonchev–Trinajstić information content (AvgIpc) is 2.82. The zero-order chi connectivity index (χ0) is 12.3. The molecule has 0 aliphatic heterocycles. The molecule has 6 heteroatoms. The molecule has 0 bridgehead atoms. The van der Waals surface area contributed by atoms with Gasteiger partial charge < -0.3 is 5.32 Å². The lowest BCUT2D eigenvalue weighted by molar-refractivity contribution is 0.815. The molecule has 0 aromatic carbocycles. The van der Waals surface area contributed by atoms with Gasteiger partial charge in [-0.3, -0.25) is 0 Å². The van der Waals surface area contributed by atoms with Crippen molar-refractivity contribution in [2.75, 3.05) is 11.9 Å². The number of aromatic amines is 1. The first-order valence-corrected chi connectivity index (χ1v) is 5.69. The molecular formula is C11H16N6. The van der Waals surface area contributed by atoms with Crippen molar-refractivity contribution >= 4 is 5.82 Å². The Kier molecular flexibility index (Phi) is 3.32. The molecule has 0 aliphatic rings. The number of nitrogens with one attached hydrogen (secondary N) is 2. The summed E-state index contributed by atoms with van der Waals surface area (Å²) in [4.78, 5) is 8.89. The summed E-state index contributed by atoms with van der Waals surface area (Å²) in [7, 11) is 0. The smallest absolute Gasteiger partial charge is 0.183 e. The maximum atomic E-state index is 4.48. The number of H-pyrrole nitrogens is 1. The van der Waals surface area contributed by atoms with Gasteiger partial charge in [0.25, 0.3) is 0 Å². The first kappa shape index (κ1) is 11.5. The Balaban J connectivity index is 2.44. The Morgan fingerprint density at radius 1 is 1.35 bits per heavy atom. The maximum absolute atomic E-state index is 4.48. The van der Waals surface area contributed by atoms with Crippen molar-refractivity contribution < 1.29 is 0 Å². The molecule has 0 amide bonds. The lowest BCUT2D eigenvalue weighted by Gasteiger charge is -2.09. The van der Waals surface area contributed by atoms with Crippen molar-refractivity contribution in [1.82, 2.24) is 25.4 Å². The summed E-state index contributed by atoms with van der Waals surface area (Å²) in [6.07, 6.45) is 1.62. The number of nitrogens with zero attached hydrogens (tertiary/aromatic N) is 4. The topological polar surface area (TPSA) is 79.4 Å². The van der Waals surface area contributed by atoms with E-state index < -0.39 is 0 Å². The highest BCUT2D eigenvalue weighted by Crippen LogP contribution is 2.19. The van der Waals surface area contributed by atoms with Gasteiger partial charge in [-0.2, -0.15) is 15.4 Å². The monoisotopic (exact) mass is 232 g/mol. The number of anilines is 1. The zero-order valence-electron chi connectivity index (χ0n) is 10.2. The van der Waals surface area contributed by atoms with Crippen molar-refractivity contribution in [3.63, 3.8) is 0 Å². The summed E-state index contributed by atoms with van der Waals surface area (Å²) >= 11 is 0. The lowest BCUT2D eigenvalue weighted by atomic mass is 10.1. The minimum atomic E-state index is 0.348. The van der Waals surface area contributed by atoms with Gasteiger partial charge in [0, 0.05) is 18.3 Å². The van der Waals surface area contributed by atoms with E-state index >= 15 is 0 Å². The third-order valence-corrected chi connectivity index (χ3v) is 2.34. The normalized spacial score (nSPS) is 10.8. The average molecular weight is 232 g/mol. The van der Waals surface area contributed by atoms with Gasteiger partial charge in [0.1, 0.15) is 11.5 Å². The van der Waals surface area contributed by atoms with Gasteiger partial charge in [0.2, 0.25) is 0 Å². The molecule has 2 aromatic rings. The summed E-state index contributed by atoms with van der Waals surface area (Å²) in [5.74, 6) is 1.77. The van der Waals surface area contributed by atoms with Crippen molar-refractivity contribution in [3.8, 4) is 11.5 Å². The van der Waals surface area contributed by atoms with Gasteiger partial charge >= 0.3 is 0 Å². The molecule has 0 atom stereocenters. The molecular weight excluding hydrogens is 216 g/mol. The number of aromatic nitrogens is 5. The Labute approximate surface area is 99.9 Å². The van der Waals surface area contributed by atoms with Crippen molar-refractivity contribution in [1.29, 1.82) is 0 Å². The molecule has 0 fully saturated rings. The highest BCUT2D eigenvalue weighted by molar-refractivity contribution is 5.51. The molecule has 0 unspecified atom stereocenters. The van der Waals surface area contributed by atoms with E-state index in [1.807, 2.05) is 13.0 Å². The van der Waals surface area contributed by atoms with Gasteiger partial charge in [-0.05, 0) is 12.8 Å². The first-order chi connectivity index (χ1) is 8.20. The fraction of sp³-hybridized carbons (Fsp3) is 0.455. The molecule has 6 nitrogen and oxygen atoms in total. The standard InChI is InChI=1S/C11H16N6/c1-4-12-10-5-8(7(2)3)14-11(15-10)9-6-13-17-16-9/h5-7H,4H2,1-3H3,(H,12,14,15)(H,13,16,17). The highest BCUT2D eigenvalue weighted by atomic mass is 15.3. The zero-order valence-corrected chi connectivity index (χ0v) is 10.2. The fourth-order valence-corrected chi connectivity index (χ4v) is 1.46. The molecule has 0 saturated heterocycles. The van der Waals surface area contributed by atoms with Gasteiger partial charge in [-0.1, -0.05) is 13.8 Å². The molecule has 2 rings (SSSR count). The molecule has 2 N–H and O–H groups in total. The van der Waals surface area contributed by atoms with Crippen LogP contribution in [0.5, 0.6) is 0 Å². The van der Waals surface area contributed by atoms with Crippen LogP contribution in [-0.4, -0.2) is 31.9 Å². The minimum Gasteiger partial charge on any atom is -0.370 e. The van der Waals surface area contributed by atoms with E-state index in [1.54, 1.807) is 6.20 Å². The van der Waals surface area contributed by atoms with Crippen LogP contribution in [0.25, 0.3) is 11.5 Å². The van der Waals surface area contributed by atoms with E-state index in [1.165, 1.54) is 0 Å². The van der Waals surface area contributed by atoms with Crippen LogP contribution in [0.4, 0.5) is 5.82 Å². The fourth-order valence-electron chi connectivity index (χ4n) is 1.46. The van der Waals surface area contributed by atoms with Crippen LogP contribution in [0.2, 0.25) is 0 Å².